The maximum absolute atomic E-state index is 12.6. The van der Waals surface area contributed by atoms with E-state index < -0.39 is 20.0 Å². The summed E-state index contributed by atoms with van der Waals surface area (Å²) >= 11 is 7.14. The van der Waals surface area contributed by atoms with Gasteiger partial charge in [0.15, 0.2) is 4.47 Å². The number of thiazole rings is 1. The Morgan fingerprint density at radius 3 is 2.56 bits per heavy atom. The summed E-state index contributed by atoms with van der Waals surface area (Å²) in [7, 11) is -7.11. The Balaban J connectivity index is 1.59. The van der Waals surface area contributed by atoms with E-state index in [4.69, 9.17) is 11.6 Å². The second-order valence-electron chi connectivity index (χ2n) is 5.99. The highest BCUT2D eigenvalue weighted by Crippen LogP contribution is 2.29. The molecule has 2 aromatic carbocycles. The highest BCUT2D eigenvalue weighted by atomic mass is 35.5. The van der Waals surface area contributed by atoms with Crippen molar-refractivity contribution in [3.63, 3.8) is 0 Å². The number of rotatable bonds is 4. The standard InChI is InChI=1S/C16H14ClN3O4S3/c17-16-18-14-7-2-11(10-15(14)25-16)19-27(23,24)13-5-3-12(4-6-13)20-8-1-9-26(20,21)22/h2-7,10,19H,1,8-9H2. The minimum Gasteiger partial charge on any atom is -0.280 e. The Kier molecular flexibility index (Phi) is 4.53. The van der Waals surface area contributed by atoms with Gasteiger partial charge in [-0.2, -0.15) is 0 Å². The highest BCUT2D eigenvalue weighted by molar-refractivity contribution is 7.93. The maximum Gasteiger partial charge on any atom is 0.261 e. The highest BCUT2D eigenvalue weighted by Gasteiger charge is 2.28. The summed E-state index contributed by atoms with van der Waals surface area (Å²) in [5.41, 5.74) is 1.56. The van der Waals surface area contributed by atoms with Crippen LogP contribution in [0.25, 0.3) is 10.2 Å². The number of hydrogen-bond acceptors (Lipinski definition) is 6. The predicted octanol–water partition coefficient (Wildman–Crippen LogP) is 3.29. The lowest BCUT2D eigenvalue weighted by Crippen LogP contribution is -2.25. The fourth-order valence-corrected chi connectivity index (χ4v) is 6.58. The van der Waals surface area contributed by atoms with Crippen LogP contribution in [0.5, 0.6) is 0 Å². The summed E-state index contributed by atoms with van der Waals surface area (Å²) in [4.78, 5) is 4.17. The fourth-order valence-electron chi connectivity index (χ4n) is 2.90. The summed E-state index contributed by atoms with van der Waals surface area (Å²) in [6, 6.07) is 10.8. The van der Waals surface area contributed by atoms with Gasteiger partial charge >= 0.3 is 0 Å². The average Bonchev–Trinajstić information content (AvgIpc) is 3.15. The molecule has 0 atom stereocenters. The molecule has 2 heterocycles. The molecule has 1 saturated heterocycles. The number of fused-ring (bicyclic) bond motifs is 1. The molecule has 0 amide bonds. The van der Waals surface area contributed by atoms with Crippen LogP contribution >= 0.6 is 22.9 Å². The Morgan fingerprint density at radius 1 is 1.15 bits per heavy atom. The third kappa shape index (κ3) is 3.62. The summed E-state index contributed by atoms with van der Waals surface area (Å²) in [6.45, 7) is 0.407. The summed E-state index contributed by atoms with van der Waals surface area (Å²) < 4.78 is 54.2. The molecule has 0 bridgehead atoms. The first-order chi connectivity index (χ1) is 12.7. The van der Waals surface area contributed by atoms with E-state index in [1.54, 1.807) is 18.2 Å². The molecular weight excluding hydrogens is 430 g/mol. The number of nitrogens with one attached hydrogen (secondary N) is 1. The quantitative estimate of drug-likeness (QED) is 0.667. The van der Waals surface area contributed by atoms with Gasteiger partial charge in [-0.05, 0) is 48.9 Å². The van der Waals surface area contributed by atoms with Crippen LogP contribution in [0, 0.1) is 0 Å². The molecule has 0 spiro atoms. The molecule has 1 N–H and O–H groups in total. The minimum absolute atomic E-state index is 0.0466. The van der Waals surface area contributed by atoms with Crippen molar-refractivity contribution in [3.8, 4) is 0 Å². The van der Waals surface area contributed by atoms with Crippen LogP contribution in [0.2, 0.25) is 4.47 Å². The zero-order valence-corrected chi connectivity index (χ0v) is 17.0. The SMILES string of the molecule is O=S(=O)(Nc1ccc2nc(Cl)sc2c1)c1ccc(N2CCCS2(=O)=O)cc1. The van der Waals surface area contributed by atoms with Gasteiger partial charge in [-0.3, -0.25) is 9.03 Å². The smallest absolute Gasteiger partial charge is 0.261 e. The van der Waals surface area contributed by atoms with Gasteiger partial charge in [0, 0.05) is 6.54 Å². The number of aromatic nitrogens is 1. The normalized spacial score (nSPS) is 16.7. The lowest BCUT2D eigenvalue weighted by atomic mass is 10.3. The molecule has 11 heteroatoms. The Bertz CT molecular complexity index is 1220. The topological polar surface area (TPSA) is 96.4 Å². The monoisotopic (exact) mass is 443 g/mol. The molecular formula is C16H14ClN3O4S3. The molecule has 27 heavy (non-hydrogen) atoms. The van der Waals surface area contributed by atoms with Gasteiger partial charge in [0.25, 0.3) is 10.0 Å². The van der Waals surface area contributed by atoms with Crippen LogP contribution in [-0.4, -0.2) is 34.1 Å². The molecule has 1 aliphatic heterocycles. The molecule has 1 aromatic heterocycles. The van der Waals surface area contributed by atoms with Crippen LogP contribution in [-0.2, 0) is 20.0 Å². The van der Waals surface area contributed by atoms with E-state index in [0.29, 0.717) is 34.3 Å². The van der Waals surface area contributed by atoms with E-state index in [-0.39, 0.29) is 10.6 Å². The van der Waals surface area contributed by atoms with E-state index in [1.807, 2.05) is 0 Å². The van der Waals surface area contributed by atoms with Crippen LogP contribution in [0.1, 0.15) is 6.42 Å². The lowest BCUT2D eigenvalue weighted by Gasteiger charge is -2.17. The number of halogens is 1. The van der Waals surface area contributed by atoms with Crippen LogP contribution in [0.15, 0.2) is 47.4 Å². The molecule has 0 aliphatic carbocycles. The summed E-state index contributed by atoms with van der Waals surface area (Å²) in [5, 5.41) is 0. The molecule has 0 unspecified atom stereocenters. The van der Waals surface area contributed by atoms with Crippen LogP contribution in [0.4, 0.5) is 11.4 Å². The second-order valence-corrected chi connectivity index (χ2v) is 11.3. The van der Waals surface area contributed by atoms with Crippen molar-refractivity contribution < 1.29 is 16.8 Å². The van der Waals surface area contributed by atoms with E-state index in [1.165, 1.54) is 39.9 Å². The van der Waals surface area contributed by atoms with Gasteiger partial charge in [0.1, 0.15) is 0 Å². The summed E-state index contributed by atoms with van der Waals surface area (Å²) in [5.74, 6) is 0.110. The van der Waals surface area contributed by atoms with Gasteiger partial charge in [-0.25, -0.2) is 21.8 Å². The molecule has 142 valence electrons. The van der Waals surface area contributed by atoms with Gasteiger partial charge in [0.05, 0.1) is 32.2 Å². The zero-order chi connectivity index (χ0) is 19.2. The number of anilines is 2. The van der Waals surface area contributed by atoms with E-state index in [2.05, 4.69) is 9.71 Å². The Hall–Kier alpha value is -1.88. The number of hydrogen-bond donors (Lipinski definition) is 1. The van der Waals surface area contributed by atoms with Crippen molar-refractivity contribution in [2.24, 2.45) is 0 Å². The van der Waals surface area contributed by atoms with Gasteiger partial charge in [-0.15, -0.1) is 11.3 Å². The van der Waals surface area contributed by atoms with Crippen molar-refractivity contribution in [2.75, 3.05) is 21.3 Å². The maximum atomic E-state index is 12.6. The fraction of sp³-hybridized carbons (Fsp3) is 0.188. The third-order valence-electron chi connectivity index (χ3n) is 4.15. The first-order valence-corrected chi connectivity index (χ1v) is 12.2. The van der Waals surface area contributed by atoms with Gasteiger partial charge in [-0.1, -0.05) is 11.6 Å². The van der Waals surface area contributed by atoms with Crippen molar-refractivity contribution >= 4 is 64.6 Å². The largest absolute Gasteiger partial charge is 0.280 e. The molecule has 3 aromatic rings. The average molecular weight is 444 g/mol. The third-order valence-corrected chi connectivity index (χ3v) is 8.54. The van der Waals surface area contributed by atoms with Gasteiger partial charge in [0.2, 0.25) is 10.0 Å². The van der Waals surface area contributed by atoms with Crippen molar-refractivity contribution in [1.82, 2.24) is 4.98 Å². The first kappa shape index (κ1) is 18.5. The zero-order valence-electron chi connectivity index (χ0n) is 13.8. The van der Waals surface area contributed by atoms with Crippen LogP contribution in [0.3, 0.4) is 0 Å². The van der Waals surface area contributed by atoms with E-state index in [0.717, 1.165) is 4.70 Å². The second kappa shape index (κ2) is 6.62. The first-order valence-electron chi connectivity index (χ1n) is 7.94. The molecule has 7 nitrogen and oxygen atoms in total. The number of benzene rings is 2. The van der Waals surface area contributed by atoms with Crippen molar-refractivity contribution in [3.05, 3.63) is 46.9 Å². The van der Waals surface area contributed by atoms with Crippen molar-refractivity contribution in [1.29, 1.82) is 0 Å². The predicted molar refractivity (Wildman–Crippen MR) is 108 cm³/mol. The molecule has 0 saturated carbocycles. The van der Waals surface area contributed by atoms with Gasteiger partial charge < -0.3 is 0 Å². The molecule has 0 radical (unpaired) electrons. The van der Waals surface area contributed by atoms with Crippen molar-refractivity contribution in [2.45, 2.75) is 11.3 Å². The lowest BCUT2D eigenvalue weighted by molar-refractivity contribution is 0.599. The molecule has 4 rings (SSSR count). The van der Waals surface area contributed by atoms with E-state index in [9.17, 15) is 16.8 Å². The van der Waals surface area contributed by atoms with Crippen LogP contribution < -0.4 is 9.03 Å². The number of nitrogens with zero attached hydrogens (tertiary/aromatic N) is 2. The Morgan fingerprint density at radius 2 is 1.89 bits per heavy atom. The van der Waals surface area contributed by atoms with E-state index >= 15 is 0 Å². The summed E-state index contributed by atoms with van der Waals surface area (Å²) in [6.07, 6.45) is 0.564. The number of sulfonamides is 2. The minimum atomic E-state index is -3.81. The molecule has 1 aliphatic rings. The molecule has 1 fully saturated rings. The Labute approximate surface area is 165 Å².